The largest absolute Gasteiger partial charge is 0.335 e. The van der Waals surface area contributed by atoms with Gasteiger partial charge in [-0.25, -0.2) is 0 Å². The molecule has 0 saturated heterocycles. The van der Waals surface area contributed by atoms with E-state index in [0.29, 0.717) is 5.56 Å². The third kappa shape index (κ3) is 3.52. The van der Waals surface area contributed by atoms with Gasteiger partial charge in [0.1, 0.15) is 0 Å². The van der Waals surface area contributed by atoms with Gasteiger partial charge in [0.2, 0.25) is 0 Å². The lowest BCUT2D eigenvalue weighted by molar-refractivity contribution is 0.0726. The smallest absolute Gasteiger partial charge is 0.254 e. The molecule has 1 atom stereocenters. The van der Waals surface area contributed by atoms with Crippen molar-refractivity contribution in [1.82, 2.24) is 19.7 Å². The molecule has 0 spiro atoms. The molecular weight excluding hydrogens is 324 g/mol. The van der Waals surface area contributed by atoms with E-state index in [1.54, 1.807) is 15.8 Å². The van der Waals surface area contributed by atoms with Crippen LogP contribution in [0.3, 0.4) is 0 Å². The van der Waals surface area contributed by atoms with E-state index in [2.05, 4.69) is 17.0 Å². The van der Waals surface area contributed by atoms with Crippen molar-refractivity contribution >= 4 is 5.91 Å². The Balaban J connectivity index is 1.82. The van der Waals surface area contributed by atoms with E-state index < -0.39 is 0 Å². The lowest BCUT2D eigenvalue weighted by Gasteiger charge is -2.27. The van der Waals surface area contributed by atoms with E-state index in [-0.39, 0.29) is 11.9 Å². The molecular formula is C21H24N4O. The van der Waals surface area contributed by atoms with Gasteiger partial charge < -0.3 is 4.90 Å². The standard InChI is InChI=1S/C21H24N4O/c1-5-20(18-7-6-12-22-13-18)25(4)21(26)17-10-8-16(9-11-17)19-14-24(3)23-15(19)2/h6-14,20H,5H2,1-4H3/t20-/m0/s1. The lowest BCUT2D eigenvalue weighted by atomic mass is 10.0. The van der Waals surface area contributed by atoms with Gasteiger partial charge in [-0.3, -0.25) is 14.5 Å². The SMILES string of the molecule is CC[C@@H](c1cccnc1)N(C)C(=O)c1ccc(-c2cn(C)nc2C)cc1. The van der Waals surface area contributed by atoms with Crippen molar-refractivity contribution in [2.75, 3.05) is 7.05 Å². The first-order chi connectivity index (χ1) is 12.5. The number of pyridine rings is 1. The highest BCUT2D eigenvalue weighted by Gasteiger charge is 2.21. The average molecular weight is 348 g/mol. The maximum absolute atomic E-state index is 12.9. The molecule has 0 fully saturated rings. The van der Waals surface area contributed by atoms with Crippen LogP contribution in [0.1, 0.15) is 41.0 Å². The minimum Gasteiger partial charge on any atom is -0.335 e. The third-order valence-corrected chi connectivity index (χ3v) is 4.70. The van der Waals surface area contributed by atoms with E-state index in [0.717, 1.165) is 28.8 Å². The topological polar surface area (TPSA) is 51.0 Å². The zero-order chi connectivity index (χ0) is 18.7. The number of hydrogen-bond acceptors (Lipinski definition) is 3. The maximum atomic E-state index is 12.9. The first-order valence-corrected chi connectivity index (χ1v) is 8.79. The summed E-state index contributed by atoms with van der Waals surface area (Å²) in [6, 6.07) is 11.7. The number of rotatable bonds is 5. The van der Waals surface area contributed by atoms with Crippen LogP contribution in [0.4, 0.5) is 0 Å². The highest BCUT2D eigenvalue weighted by atomic mass is 16.2. The van der Waals surface area contributed by atoms with Gasteiger partial charge in [0.25, 0.3) is 5.91 Å². The Morgan fingerprint density at radius 2 is 1.96 bits per heavy atom. The molecule has 0 aliphatic carbocycles. The van der Waals surface area contributed by atoms with Crippen molar-refractivity contribution < 1.29 is 4.79 Å². The Morgan fingerprint density at radius 1 is 1.23 bits per heavy atom. The predicted octanol–water partition coefficient (Wildman–Crippen LogP) is 4.01. The molecule has 0 aliphatic heterocycles. The van der Waals surface area contributed by atoms with Gasteiger partial charge in [0, 0.05) is 43.8 Å². The average Bonchev–Trinajstić information content (AvgIpc) is 3.01. The minimum absolute atomic E-state index is 0.00941. The molecule has 0 aliphatic rings. The summed E-state index contributed by atoms with van der Waals surface area (Å²) in [5.74, 6) is 0.00941. The fraction of sp³-hybridized carbons (Fsp3) is 0.286. The first-order valence-electron chi connectivity index (χ1n) is 8.79. The van der Waals surface area contributed by atoms with Gasteiger partial charge in [0.05, 0.1) is 11.7 Å². The summed E-state index contributed by atoms with van der Waals surface area (Å²) in [5, 5.41) is 4.38. The van der Waals surface area contributed by atoms with Gasteiger partial charge >= 0.3 is 0 Å². The van der Waals surface area contributed by atoms with Gasteiger partial charge in [-0.1, -0.05) is 25.1 Å². The molecule has 2 heterocycles. The summed E-state index contributed by atoms with van der Waals surface area (Å²) < 4.78 is 1.80. The van der Waals surface area contributed by atoms with Crippen LogP contribution in [0.2, 0.25) is 0 Å². The lowest BCUT2D eigenvalue weighted by Crippen LogP contribution is -2.31. The Kier molecular flexibility index (Phi) is 5.16. The monoisotopic (exact) mass is 348 g/mol. The van der Waals surface area contributed by atoms with Crippen LogP contribution >= 0.6 is 0 Å². The molecule has 3 aromatic rings. The van der Waals surface area contributed by atoms with E-state index in [9.17, 15) is 4.79 Å². The number of carbonyl (C=O) groups is 1. The van der Waals surface area contributed by atoms with Crippen LogP contribution in [0.5, 0.6) is 0 Å². The summed E-state index contributed by atoms with van der Waals surface area (Å²) in [5.41, 5.74) is 4.86. The van der Waals surface area contributed by atoms with Crippen molar-refractivity contribution in [1.29, 1.82) is 0 Å². The van der Waals surface area contributed by atoms with Crippen LogP contribution in [0.25, 0.3) is 11.1 Å². The van der Waals surface area contributed by atoms with Gasteiger partial charge in [-0.2, -0.15) is 5.10 Å². The number of aryl methyl sites for hydroxylation is 2. The quantitative estimate of drug-likeness (QED) is 0.700. The number of nitrogens with zero attached hydrogens (tertiary/aromatic N) is 4. The highest BCUT2D eigenvalue weighted by molar-refractivity contribution is 5.94. The van der Waals surface area contributed by atoms with Crippen LogP contribution in [0.15, 0.2) is 55.0 Å². The highest BCUT2D eigenvalue weighted by Crippen LogP contribution is 2.26. The molecule has 2 aromatic heterocycles. The molecule has 3 rings (SSSR count). The predicted molar refractivity (Wildman–Crippen MR) is 103 cm³/mol. The number of carbonyl (C=O) groups excluding carboxylic acids is 1. The first kappa shape index (κ1) is 17.9. The van der Waals surface area contributed by atoms with Gasteiger partial charge in [-0.15, -0.1) is 0 Å². The number of amides is 1. The normalized spacial score (nSPS) is 12.0. The number of aromatic nitrogens is 3. The second-order valence-corrected chi connectivity index (χ2v) is 6.51. The van der Waals surface area contributed by atoms with Gasteiger partial charge in [0.15, 0.2) is 0 Å². The number of hydrogen-bond donors (Lipinski definition) is 0. The van der Waals surface area contributed by atoms with Crippen LogP contribution in [-0.4, -0.2) is 32.6 Å². The molecule has 0 bridgehead atoms. The van der Waals surface area contributed by atoms with Crippen molar-refractivity contribution in [2.24, 2.45) is 7.05 Å². The third-order valence-electron chi connectivity index (χ3n) is 4.70. The van der Waals surface area contributed by atoms with Crippen LogP contribution in [0, 0.1) is 6.92 Å². The minimum atomic E-state index is 0.00941. The molecule has 5 heteroatoms. The second-order valence-electron chi connectivity index (χ2n) is 6.51. The molecule has 1 aromatic carbocycles. The van der Waals surface area contributed by atoms with Crippen molar-refractivity contribution in [3.63, 3.8) is 0 Å². The molecule has 5 nitrogen and oxygen atoms in total. The summed E-state index contributed by atoms with van der Waals surface area (Å²) in [7, 11) is 3.76. The Labute approximate surface area is 154 Å². The molecule has 0 N–H and O–H groups in total. The fourth-order valence-corrected chi connectivity index (χ4v) is 3.33. The molecule has 134 valence electrons. The number of benzene rings is 1. The molecule has 0 radical (unpaired) electrons. The van der Waals surface area contributed by atoms with E-state index in [1.165, 1.54) is 0 Å². The van der Waals surface area contributed by atoms with Crippen molar-refractivity contribution in [3.05, 3.63) is 71.8 Å². The zero-order valence-electron chi connectivity index (χ0n) is 15.7. The molecule has 0 saturated carbocycles. The van der Waals surface area contributed by atoms with Crippen LogP contribution in [-0.2, 0) is 7.05 Å². The fourth-order valence-electron chi connectivity index (χ4n) is 3.33. The maximum Gasteiger partial charge on any atom is 0.254 e. The van der Waals surface area contributed by atoms with E-state index >= 15 is 0 Å². The Hall–Kier alpha value is -2.95. The van der Waals surface area contributed by atoms with Crippen LogP contribution < -0.4 is 0 Å². The Morgan fingerprint density at radius 3 is 2.50 bits per heavy atom. The van der Waals surface area contributed by atoms with E-state index in [1.807, 2.05) is 69.8 Å². The second kappa shape index (κ2) is 7.52. The van der Waals surface area contributed by atoms with Crippen molar-refractivity contribution in [2.45, 2.75) is 26.3 Å². The van der Waals surface area contributed by atoms with E-state index in [4.69, 9.17) is 0 Å². The molecule has 1 amide bonds. The zero-order valence-corrected chi connectivity index (χ0v) is 15.7. The van der Waals surface area contributed by atoms with Crippen molar-refractivity contribution in [3.8, 4) is 11.1 Å². The summed E-state index contributed by atoms with van der Waals surface area (Å²) in [6.07, 6.45) is 6.40. The summed E-state index contributed by atoms with van der Waals surface area (Å²) >= 11 is 0. The molecule has 26 heavy (non-hydrogen) atoms. The Bertz CT molecular complexity index is 884. The summed E-state index contributed by atoms with van der Waals surface area (Å²) in [4.78, 5) is 18.9. The van der Waals surface area contributed by atoms with Gasteiger partial charge in [-0.05, 0) is 42.7 Å². The summed E-state index contributed by atoms with van der Waals surface area (Å²) in [6.45, 7) is 4.07. The molecule has 0 unspecified atom stereocenters.